The average molecular weight is 270 g/mol. The number of anilines is 1. The maximum absolute atomic E-state index is 5.86. The lowest BCUT2D eigenvalue weighted by Gasteiger charge is -2.08. The van der Waals surface area contributed by atoms with Crippen LogP contribution in [0.5, 0.6) is 0 Å². The number of hydrogen-bond donors (Lipinski definition) is 1. The van der Waals surface area contributed by atoms with Crippen LogP contribution in [-0.4, -0.2) is 9.97 Å². The van der Waals surface area contributed by atoms with Crippen molar-refractivity contribution in [3.63, 3.8) is 0 Å². The number of pyridine rings is 2. The van der Waals surface area contributed by atoms with Crippen molar-refractivity contribution < 1.29 is 0 Å². The summed E-state index contributed by atoms with van der Waals surface area (Å²) in [6.45, 7) is 0.703. The predicted octanol–water partition coefficient (Wildman–Crippen LogP) is 3.90. The van der Waals surface area contributed by atoms with E-state index in [2.05, 4.69) is 27.4 Å². The molecule has 3 rings (SSSR count). The van der Waals surface area contributed by atoms with Crippen molar-refractivity contribution in [3.8, 4) is 0 Å². The van der Waals surface area contributed by atoms with Crippen LogP contribution in [-0.2, 0) is 6.54 Å². The molecule has 3 nitrogen and oxygen atoms in total. The van der Waals surface area contributed by atoms with Crippen LogP contribution in [0.15, 0.2) is 55.0 Å². The third-order valence-electron chi connectivity index (χ3n) is 2.96. The van der Waals surface area contributed by atoms with E-state index in [9.17, 15) is 0 Å². The molecule has 94 valence electrons. The Morgan fingerprint density at radius 3 is 2.89 bits per heavy atom. The minimum Gasteiger partial charge on any atom is -0.381 e. The van der Waals surface area contributed by atoms with Gasteiger partial charge in [-0.1, -0.05) is 35.9 Å². The molecule has 0 aliphatic rings. The zero-order valence-corrected chi connectivity index (χ0v) is 10.9. The van der Waals surface area contributed by atoms with Gasteiger partial charge in [0.25, 0.3) is 0 Å². The molecule has 0 aliphatic heterocycles. The number of aromatic nitrogens is 2. The molecule has 1 aromatic carbocycles. The molecular formula is C15H12ClN3. The van der Waals surface area contributed by atoms with Gasteiger partial charge in [0.2, 0.25) is 0 Å². The Morgan fingerprint density at radius 1 is 1.11 bits per heavy atom. The van der Waals surface area contributed by atoms with E-state index in [0.29, 0.717) is 11.7 Å². The van der Waals surface area contributed by atoms with Crippen molar-refractivity contribution >= 4 is 28.1 Å². The molecule has 19 heavy (non-hydrogen) atoms. The monoisotopic (exact) mass is 269 g/mol. The molecule has 0 saturated heterocycles. The summed E-state index contributed by atoms with van der Waals surface area (Å²) in [7, 11) is 0. The Bertz CT molecular complexity index is 707. The summed E-state index contributed by atoms with van der Waals surface area (Å²) >= 11 is 5.86. The first-order valence-corrected chi connectivity index (χ1v) is 6.38. The van der Waals surface area contributed by atoms with E-state index in [-0.39, 0.29) is 0 Å². The van der Waals surface area contributed by atoms with Gasteiger partial charge in [0.05, 0.1) is 0 Å². The van der Waals surface area contributed by atoms with Gasteiger partial charge in [-0.2, -0.15) is 0 Å². The minimum absolute atomic E-state index is 0.487. The average Bonchev–Trinajstić information content (AvgIpc) is 2.45. The standard InChI is InChI=1S/C15H12ClN3/c16-15-7-13(5-6-18-15)19-10-12-9-17-8-11-3-1-2-4-14(11)12/h1-9H,10H2,(H,18,19). The summed E-state index contributed by atoms with van der Waals surface area (Å²) < 4.78 is 0. The largest absolute Gasteiger partial charge is 0.381 e. The molecule has 0 bridgehead atoms. The van der Waals surface area contributed by atoms with Gasteiger partial charge in [0.15, 0.2) is 0 Å². The molecule has 0 atom stereocenters. The summed E-state index contributed by atoms with van der Waals surface area (Å²) in [5.74, 6) is 0. The highest BCUT2D eigenvalue weighted by Gasteiger charge is 2.01. The first-order chi connectivity index (χ1) is 9.33. The van der Waals surface area contributed by atoms with Crippen LogP contribution in [0, 0.1) is 0 Å². The minimum atomic E-state index is 0.487. The third kappa shape index (κ3) is 2.66. The second-order valence-electron chi connectivity index (χ2n) is 4.24. The molecule has 0 spiro atoms. The third-order valence-corrected chi connectivity index (χ3v) is 3.17. The number of hydrogen-bond acceptors (Lipinski definition) is 3. The molecule has 0 amide bonds. The maximum atomic E-state index is 5.86. The first kappa shape index (κ1) is 11.9. The maximum Gasteiger partial charge on any atom is 0.131 e. The number of fused-ring (bicyclic) bond motifs is 1. The molecule has 4 heteroatoms. The molecule has 0 unspecified atom stereocenters. The summed E-state index contributed by atoms with van der Waals surface area (Å²) in [4.78, 5) is 8.22. The van der Waals surface area contributed by atoms with E-state index in [1.165, 1.54) is 5.39 Å². The molecule has 0 radical (unpaired) electrons. The normalized spacial score (nSPS) is 10.6. The van der Waals surface area contributed by atoms with Crippen molar-refractivity contribution in [2.45, 2.75) is 6.54 Å². The first-order valence-electron chi connectivity index (χ1n) is 6.00. The fourth-order valence-corrected chi connectivity index (χ4v) is 2.20. The zero-order chi connectivity index (χ0) is 13.1. The predicted molar refractivity (Wildman–Crippen MR) is 78.3 cm³/mol. The highest BCUT2D eigenvalue weighted by atomic mass is 35.5. The Labute approximate surface area is 116 Å². The molecule has 2 heterocycles. The van der Waals surface area contributed by atoms with Gasteiger partial charge in [0, 0.05) is 36.2 Å². The van der Waals surface area contributed by atoms with Crippen LogP contribution in [0.2, 0.25) is 5.15 Å². The lowest BCUT2D eigenvalue weighted by atomic mass is 10.1. The van der Waals surface area contributed by atoms with Crippen LogP contribution in [0.3, 0.4) is 0 Å². The molecular weight excluding hydrogens is 258 g/mol. The van der Waals surface area contributed by atoms with Gasteiger partial charge < -0.3 is 5.32 Å². The Kier molecular flexibility index (Phi) is 3.29. The van der Waals surface area contributed by atoms with Gasteiger partial charge in [-0.25, -0.2) is 4.98 Å². The summed E-state index contributed by atoms with van der Waals surface area (Å²) in [5.41, 5.74) is 2.11. The number of nitrogens with zero attached hydrogens (tertiary/aromatic N) is 2. The van der Waals surface area contributed by atoms with Crippen LogP contribution in [0.25, 0.3) is 10.8 Å². The van der Waals surface area contributed by atoms with E-state index in [4.69, 9.17) is 11.6 Å². The number of halogens is 1. The van der Waals surface area contributed by atoms with Crippen LogP contribution < -0.4 is 5.32 Å². The molecule has 1 N–H and O–H groups in total. The van der Waals surface area contributed by atoms with Crippen LogP contribution >= 0.6 is 11.6 Å². The molecule has 2 aromatic heterocycles. The number of benzene rings is 1. The highest BCUT2D eigenvalue weighted by Crippen LogP contribution is 2.19. The Balaban J connectivity index is 1.86. The van der Waals surface area contributed by atoms with Gasteiger partial charge in [-0.3, -0.25) is 4.98 Å². The SMILES string of the molecule is Clc1cc(NCc2cncc3ccccc23)ccn1. The van der Waals surface area contributed by atoms with E-state index in [0.717, 1.165) is 16.6 Å². The van der Waals surface area contributed by atoms with Gasteiger partial charge >= 0.3 is 0 Å². The van der Waals surface area contributed by atoms with Crippen molar-refractivity contribution in [2.75, 3.05) is 5.32 Å². The van der Waals surface area contributed by atoms with E-state index in [1.54, 1.807) is 12.3 Å². The topological polar surface area (TPSA) is 37.8 Å². The summed E-state index contributed by atoms with van der Waals surface area (Å²) in [6, 6.07) is 11.9. The van der Waals surface area contributed by atoms with E-state index >= 15 is 0 Å². The lowest BCUT2D eigenvalue weighted by molar-refractivity contribution is 1.13. The Morgan fingerprint density at radius 2 is 2.00 bits per heavy atom. The smallest absolute Gasteiger partial charge is 0.131 e. The van der Waals surface area contributed by atoms with E-state index in [1.807, 2.05) is 30.6 Å². The van der Waals surface area contributed by atoms with Crippen molar-refractivity contribution in [1.29, 1.82) is 0 Å². The molecule has 0 saturated carbocycles. The number of rotatable bonds is 3. The van der Waals surface area contributed by atoms with Crippen LogP contribution in [0.4, 0.5) is 5.69 Å². The summed E-state index contributed by atoms with van der Waals surface area (Å²) in [6.07, 6.45) is 5.45. The zero-order valence-electron chi connectivity index (χ0n) is 10.2. The second kappa shape index (κ2) is 5.24. The number of nitrogens with one attached hydrogen (secondary N) is 1. The van der Waals surface area contributed by atoms with Crippen LogP contribution in [0.1, 0.15) is 5.56 Å². The van der Waals surface area contributed by atoms with Crippen molar-refractivity contribution in [1.82, 2.24) is 9.97 Å². The van der Waals surface area contributed by atoms with Gasteiger partial charge in [0.1, 0.15) is 5.15 Å². The molecule has 3 aromatic rings. The van der Waals surface area contributed by atoms with Crippen molar-refractivity contribution in [2.24, 2.45) is 0 Å². The molecule has 0 fully saturated rings. The molecule has 0 aliphatic carbocycles. The Hall–Kier alpha value is -2.13. The highest BCUT2D eigenvalue weighted by molar-refractivity contribution is 6.29. The summed E-state index contributed by atoms with van der Waals surface area (Å²) in [5, 5.41) is 6.18. The quantitative estimate of drug-likeness (QED) is 0.733. The fourth-order valence-electron chi connectivity index (χ4n) is 2.03. The fraction of sp³-hybridized carbons (Fsp3) is 0.0667. The van der Waals surface area contributed by atoms with E-state index < -0.39 is 0 Å². The van der Waals surface area contributed by atoms with Crippen molar-refractivity contribution in [3.05, 3.63) is 65.7 Å². The second-order valence-corrected chi connectivity index (χ2v) is 4.63. The van der Waals surface area contributed by atoms with Gasteiger partial charge in [-0.05, 0) is 23.1 Å². The van der Waals surface area contributed by atoms with Gasteiger partial charge in [-0.15, -0.1) is 0 Å². The lowest BCUT2D eigenvalue weighted by Crippen LogP contribution is -2.00.